The molecule has 3 fully saturated rings. The topological polar surface area (TPSA) is 143 Å². The minimum Gasteiger partial charge on any atom is -0.478 e. The number of carbonyl (C=O) groups is 4. The van der Waals surface area contributed by atoms with Crippen LogP contribution >= 0.6 is 7.60 Å². The van der Waals surface area contributed by atoms with Gasteiger partial charge < -0.3 is 23.6 Å². The zero-order chi connectivity index (χ0) is 30.2. The van der Waals surface area contributed by atoms with Crippen LogP contribution in [0.25, 0.3) is 0 Å². The first-order chi connectivity index (χ1) is 19.1. The molecule has 0 spiro atoms. The number of esters is 2. The van der Waals surface area contributed by atoms with Gasteiger partial charge in [-0.1, -0.05) is 11.1 Å². The number of carboxylic acids is 1. The lowest BCUT2D eigenvalue weighted by Crippen LogP contribution is -2.12. The summed E-state index contributed by atoms with van der Waals surface area (Å²) in [7, 11) is -3.28. The molecule has 3 aliphatic carbocycles. The van der Waals surface area contributed by atoms with Crippen LogP contribution in [0.5, 0.6) is 0 Å². The Morgan fingerprint density at radius 2 is 1.12 bits per heavy atom. The van der Waals surface area contributed by atoms with Crippen LogP contribution in [0, 0.1) is 0 Å². The van der Waals surface area contributed by atoms with Crippen molar-refractivity contribution in [1.82, 2.24) is 0 Å². The summed E-state index contributed by atoms with van der Waals surface area (Å²) in [6, 6.07) is 0. The van der Waals surface area contributed by atoms with Gasteiger partial charge in [0.25, 0.3) is 0 Å². The van der Waals surface area contributed by atoms with E-state index in [1.54, 1.807) is 26.8 Å². The molecule has 0 aromatic rings. The largest absolute Gasteiger partial charge is 0.478 e. The predicted octanol–water partition coefficient (Wildman–Crippen LogP) is 6.57. The Balaban J connectivity index is 0.000000525. The first-order valence-electron chi connectivity index (χ1n) is 14.4. The molecule has 10 nitrogen and oxygen atoms in total. The average molecular weight is 589 g/mol. The Morgan fingerprint density at radius 3 is 1.48 bits per heavy atom. The van der Waals surface area contributed by atoms with Gasteiger partial charge in [0, 0.05) is 25.0 Å². The Morgan fingerprint density at radius 1 is 0.700 bits per heavy atom. The summed E-state index contributed by atoms with van der Waals surface area (Å²) in [4.78, 5) is 42.3. The molecule has 0 heterocycles. The molecule has 0 radical (unpaired) electrons. The van der Waals surface area contributed by atoms with Gasteiger partial charge in [-0.15, -0.1) is 0 Å². The van der Waals surface area contributed by atoms with Crippen molar-refractivity contribution in [2.45, 2.75) is 105 Å². The number of carbonyl (C=O) groups excluding carboxylic acids is 3. The van der Waals surface area contributed by atoms with Gasteiger partial charge in [-0.3, -0.25) is 14.2 Å². The molecule has 0 unspecified atom stereocenters. The average Bonchev–Trinajstić information content (AvgIpc) is 3.66. The second-order valence-corrected chi connectivity index (χ2v) is 11.3. The van der Waals surface area contributed by atoms with Gasteiger partial charge >= 0.3 is 25.5 Å². The monoisotopic (exact) mass is 588 g/mol. The minimum atomic E-state index is -3.28. The first-order valence-corrected chi connectivity index (χ1v) is 16.2. The SMILES string of the molecule is CCOC(=O)C=C1CCCC1.CCOC(=O)CP(=O)(OCC)OCC.O=C(O)C=C1CCCC1.O=C1CCCC1. The van der Waals surface area contributed by atoms with Crippen LogP contribution in [-0.4, -0.2) is 61.4 Å². The standard InChI is InChI=1S/C9H14O2.C8H17O5P.C7H10O2.C5H8O/c1-2-11-9(10)7-8-5-3-4-6-8;1-4-11-8(9)7-14(10,12-5-2)13-6-3;8-7(9)5-6-3-1-2-4-6;6-5-3-1-2-4-5/h7H,2-6H2,1H3;4-7H2,1-3H3;5H,1-4H2,(H,8,9);1-4H2. The molecule has 11 heteroatoms. The van der Waals surface area contributed by atoms with Crippen molar-refractivity contribution in [2.75, 3.05) is 32.6 Å². The maximum atomic E-state index is 11.8. The first kappa shape index (κ1) is 37.7. The highest BCUT2D eigenvalue weighted by molar-refractivity contribution is 7.54. The summed E-state index contributed by atoms with van der Waals surface area (Å²) < 4.78 is 31.0. The van der Waals surface area contributed by atoms with E-state index < -0.39 is 19.5 Å². The molecule has 1 N–H and O–H groups in total. The number of allylic oxidation sites excluding steroid dienone is 2. The smallest absolute Gasteiger partial charge is 0.341 e. The highest BCUT2D eigenvalue weighted by Gasteiger charge is 2.28. The fourth-order valence-electron chi connectivity index (χ4n) is 4.13. The number of carboxylic acid groups (broad SMARTS) is 1. The van der Waals surface area contributed by atoms with Gasteiger partial charge in [0.15, 0.2) is 0 Å². The Bertz CT molecular complexity index is 844. The van der Waals surface area contributed by atoms with Gasteiger partial charge in [-0.25, -0.2) is 9.59 Å². The number of ether oxygens (including phenoxy) is 2. The Hall–Kier alpha value is -2.29. The predicted molar refractivity (Wildman–Crippen MR) is 153 cm³/mol. The molecule has 3 saturated carbocycles. The van der Waals surface area contributed by atoms with E-state index in [-0.39, 0.29) is 32.0 Å². The molecule has 3 rings (SSSR count). The van der Waals surface area contributed by atoms with Crippen molar-refractivity contribution < 1.29 is 47.4 Å². The molecule has 3 aliphatic rings. The third kappa shape index (κ3) is 20.6. The zero-order valence-corrected chi connectivity index (χ0v) is 25.6. The molecule has 0 aromatic heterocycles. The number of Topliss-reactive ketones (excluding diaryl/α,β-unsaturated/α-hetero) is 1. The van der Waals surface area contributed by atoms with Crippen molar-refractivity contribution in [3.8, 4) is 0 Å². The number of aliphatic carboxylic acids is 1. The van der Waals surface area contributed by atoms with Crippen LogP contribution in [0.1, 0.15) is 105 Å². The number of hydrogen-bond donors (Lipinski definition) is 1. The van der Waals surface area contributed by atoms with Crippen molar-refractivity contribution in [2.24, 2.45) is 0 Å². The van der Waals surface area contributed by atoms with E-state index in [4.69, 9.17) is 18.9 Å². The molecule has 40 heavy (non-hydrogen) atoms. The van der Waals surface area contributed by atoms with Crippen molar-refractivity contribution >= 4 is 31.3 Å². The van der Waals surface area contributed by atoms with E-state index >= 15 is 0 Å². The quantitative estimate of drug-likeness (QED) is 0.169. The summed E-state index contributed by atoms with van der Waals surface area (Å²) in [6.07, 6.45) is 15.6. The zero-order valence-electron chi connectivity index (χ0n) is 24.7. The maximum Gasteiger partial charge on any atom is 0.341 e. The van der Waals surface area contributed by atoms with Crippen LogP contribution in [0.4, 0.5) is 0 Å². The molecule has 0 saturated heterocycles. The molecular formula is C29H49O10P. The minimum absolute atomic E-state index is 0.176. The second kappa shape index (κ2) is 23.4. The van der Waals surface area contributed by atoms with Crippen molar-refractivity contribution in [1.29, 1.82) is 0 Å². The lowest BCUT2D eigenvalue weighted by Gasteiger charge is -2.15. The highest BCUT2D eigenvalue weighted by atomic mass is 31.2. The lowest BCUT2D eigenvalue weighted by molar-refractivity contribution is -0.140. The van der Waals surface area contributed by atoms with Crippen molar-refractivity contribution in [3.63, 3.8) is 0 Å². The lowest BCUT2D eigenvalue weighted by atomic mass is 10.2. The molecular weight excluding hydrogens is 539 g/mol. The summed E-state index contributed by atoms with van der Waals surface area (Å²) in [5.74, 6) is -1.08. The molecule has 0 bridgehead atoms. The van der Waals surface area contributed by atoms with E-state index in [2.05, 4.69) is 4.74 Å². The molecule has 0 aliphatic heterocycles. The fourth-order valence-corrected chi connectivity index (χ4v) is 5.58. The summed E-state index contributed by atoms with van der Waals surface area (Å²) in [5, 5.41) is 8.30. The number of ketones is 1. The maximum absolute atomic E-state index is 11.8. The Labute approximate surface area is 239 Å². The van der Waals surface area contributed by atoms with Crippen LogP contribution in [0.15, 0.2) is 23.3 Å². The second-order valence-electron chi connectivity index (χ2n) is 9.27. The van der Waals surface area contributed by atoms with Gasteiger partial charge in [0.2, 0.25) is 0 Å². The number of hydrogen-bond acceptors (Lipinski definition) is 9. The van der Waals surface area contributed by atoms with E-state index in [1.165, 1.54) is 37.3 Å². The Kier molecular flexibility index (Phi) is 22.1. The van der Waals surface area contributed by atoms with E-state index in [0.717, 1.165) is 56.9 Å². The van der Waals surface area contributed by atoms with E-state index in [9.17, 15) is 23.7 Å². The van der Waals surface area contributed by atoms with Gasteiger partial charge in [0.1, 0.15) is 11.9 Å². The van der Waals surface area contributed by atoms with Crippen LogP contribution in [-0.2, 0) is 42.3 Å². The third-order valence-corrected chi connectivity index (χ3v) is 7.82. The van der Waals surface area contributed by atoms with E-state index in [1.807, 2.05) is 6.92 Å². The fraction of sp³-hybridized carbons (Fsp3) is 0.724. The van der Waals surface area contributed by atoms with E-state index in [0.29, 0.717) is 12.4 Å². The molecule has 0 aromatic carbocycles. The van der Waals surface area contributed by atoms with Crippen LogP contribution < -0.4 is 0 Å². The normalized spacial score (nSPS) is 15.9. The molecule has 230 valence electrons. The summed E-state index contributed by atoms with van der Waals surface area (Å²) in [6.45, 7) is 8.12. The number of rotatable bonds is 10. The van der Waals surface area contributed by atoms with Gasteiger partial charge in [-0.2, -0.15) is 0 Å². The van der Waals surface area contributed by atoms with Crippen LogP contribution in [0.2, 0.25) is 0 Å². The summed E-state index contributed by atoms with van der Waals surface area (Å²) >= 11 is 0. The molecule has 0 amide bonds. The van der Waals surface area contributed by atoms with Crippen LogP contribution in [0.3, 0.4) is 0 Å². The highest BCUT2D eigenvalue weighted by Crippen LogP contribution is 2.47. The molecule has 0 atom stereocenters. The van der Waals surface area contributed by atoms with Gasteiger partial charge in [-0.05, 0) is 91.9 Å². The summed E-state index contributed by atoms with van der Waals surface area (Å²) in [5.41, 5.74) is 2.35. The van der Waals surface area contributed by atoms with Crippen molar-refractivity contribution in [3.05, 3.63) is 23.3 Å². The van der Waals surface area contributed by atoms with Gasteiger partial charge in [0.05, 0.1) is 26.4 Å². The third-order valence-electron chi connectivity index (χ3n) is 5.87.